The Hall–Kier alpha value is -2.54. The first-order valence-corrected chi connectivity index (χ1v) is 10.3. The van der Waals surface area contributed by atoms with Crippen molar-refractivity contribution in [2.45, 2.75) is 53.5 Å². The van der Waals surface area contributed by atoms with E-state index in [9.17, 15) is 14.0 Å². The van der Waals surface area contributed by atoms with Gasteiger partial charge in [0.2, 0.25) is 11.8 Å². The van der Waals surface area contributed by atoms with Crippen molar-refractivity contribution in [3.05, 3.63) is 47.2 Å². The molecule has 0 radical (unpaired) electrons. The minimum absolute atomic E-state index is 0.0904. The maximum absolute atomic E-state index is 14.1. The molecule has 0 atom stereocenters. The normalized spacial score (nSPS) is 12.2. The minimum Gasteiger partial charge on any atom is -0.348 e. The summed E-state index contributed by atoms with van der Waals surface area (Å²) < 4.78 is 14.1. The van der Waals surface area contributed by atoms with Gasteiger partial charge in [0.1, 0.15) is 5.82 Å². The standard InChI is InChI=1S/C22H28FN3O2S/c1-15(27)26(18-10-8-7-9-17(18)23)20-24-16(13-29-20)11-12-19(28)25-22(5,6)14-21(2,3)4/h7-13H,14H2,1-6H3,(H,25,28). The highest BCUT2D eigenvalue weighted by molar-refractivity contribution is 7.14. The van der Waals surface area contributed by atoms with Gasteiger partial charge in [-0.05, 0) is 43.9 Å². The van der Waals surface area contributed by atoms with Gasteiger partial charge >= 0.3 is 0 Å². The van der Waals surface area contributed by atoms with Crippen LogP contribution in [0.15, 0.2) is 35.7 Å². The van der Waals surface area contributed by atoms with E-state index in [4.69, 9.17) is 0 Å². The molecular weight excluding hydrogens is 389 g/mol. The fraction of sp³-hybridized carbons (Fsp3) is 0.409. The first-order valence-electron chi connectivity index (χ1n) is 9.39. The predicted molar refractivity (Wildman–Crippen MR) is 117 cm³/mol. The Bertz CT molecular complexity index is 913. The molecule has 2 amide bonds. The number of hydrogen-bond acceptors (Lipinski definition) is 4. The quantitative estimate of drug-likeness (QED) is 0.648. The van der Waals surface area contributed by atoms with Gasteiger partial charge in [0.05, 0.1) is 11.4 Å². The lowest BCUT2D eigenvalue weighted by molar-refractivity contribution is -0.118. The van der Waals surface area contributed by atoms with Crippen molar-refractivity contribution in [3.8, 4) is 0 Å². The van der Waals surface area contributed by atoms with Gasteiger partial charge in [-0.1, -0.05) is 32.9 Å². The Kier molecular flexibility index (Phi) is 6.95. The number of amides is 2. The number of anilines is 2. The number of carbonyl (C=O) groups excluding carboxylic acids is 2. The zero-order chi connectivity index (χ0) is 21.8. The summed E-state index contributed by atoms with van der Waals surface area (Å²) in [4.78, 5) is 30.0. The van der Waals surface area contributed by atoms with Gasteiger partial charge in [0.25, 0.3) is 0 Å². The largest absolute Gasteiger partial charge is 0.348 e. The van der Waals surface area contributed by atoms with Crippen LogP contribution >= 0.6 is 11.3 Å². The molecule has 2 aromatic rings. The van der Waals surface area contributed by atoms with Crippen LogP contribution in [0.3, 0.4) is 0 Å². The highest BCUT2D eigenvalue weighted by Crippen LogP contribution is 2.31. The summed E-state index contributed by atoms with van der Waals surface area (Å²) in [6, 6.07) is 6.04. The van der Waals surface area contributed by atoms with Crippen molar-refractivity contribution < 1.29 is 14.0 Å². The summed E-state index contributed by atoms with van der Waals surface area (Å²) in [6.45, 7) is 11.7. The number of carbonyl (C=O) groups is 2. The molecule has 29 heavy (non-hydrogen) atoms. The second-order valence-electron chi connectivity index (χ2n) is 8.80. The van der Waals surface area contributed by atoms with Gasteiger partial charge in [-0.15, -0.1) is 11.3 Å². The molecule has 156 valence electrons. The number of aromatic nitrogens is 1. The topological polar surface area (TPSA) is 62.3 Å². The molecule has 0 aliphatic rings. The SMILES string of the molecule is CC(=O)N(c1nc(C=CC(=O)NC(C)(C)CC(C)(C)C)cs1)c1ccccc1F. The predicted octanol–water partition coefficient (Wildman–Crippen LogP) is 5.31. The Balaban J connectivity index is 2.14. The summed E-state index contributed by atoms with van der Waals surface area (Å²) in [5.74, 6) is -1.07. The molecule has 0 spiro atoms. The first-order chi connectivity index (χ1) is 13.4. The number of para-hydroxylation sites is 1. The van der Waals surface area contributed by atoms with Gasteiger partial charge in [-0.2, -0.15) is 0 Å². The number of nitrogens with zero attached hydrogens (tertiary/aromatic N) is 2. The number of benzene rings is 1. The minimum atomic E-state index is -0.504. The van der Waals surface area contributed by atoms with Crippen molar-refractivity contribution in [2.24, 2.45) is 5.41 Å². The highest BCUT2D eigenvalue weighted by atomic mass is 32.1. The van der Waals surface area contributed by atoms with Crippen molar-refractivity contribution in [1.29, 1.82) is 0 Å². The average molecular weight is 418 g/mol. The van der Waals surface area contributed by atoms with Crippen molar-refractivity contribution in [2.75, 3.05) is 4.90 Å². The van der Waals surface area contributed by atoms with Crippen LogP contribution < -0.4 is 10.2 Å². The van der Waals surface area contributed by atoms with Gasteiger partial charge in [0, 0.05) is 23.9 Å². The maximum Gasteiger partial charge on any atom is 0.244 e. The van der Waals surface area contributed by atoms with Gasteiger partial charge < -0.3 is 5.32 Å². The molecule has 0 unspecified atom stereocenters. The molecule has 0 saturated carbocycles. The summed E-state index contributed by atoms with van der Waals surface area (Å²) in [7, 11) is 0. The van der Waals surface area contributed by atoms with E-state index in [-0.39, 0.29) is 28.5 Å². The van der Waals surface area contributed by atoms with Gasteiger partial charge in [-0.25, -0.2) is 9.37 Å². The van der Waals surface area contributed by atoms with Crippen LogP contribution in [0, 0.1) is 11.2 Å². The molecule has 1 heterocycles. The van der Waals surface area contributed by atoms with E-state index in [0.717, 1.165) is 6.42 Å². The molecule has 0 fully saturated rings. The lowest BCUT2D eigenvalue weighted by atomic mass is 9.82. The number of halogens is 1. The molecule has 0 aliphatic heterocycles. The number of rotatable bonds is 6. The fourth-order valence-electron chi connectivity index (χ4n) is 3.40. The highest BCUT2D eigenvalue weighted by Gasteiger charge is 2.26. The zero-order valence-electron chi connectivity index (χ0n) is 17.7. The van der Waals surface area contributed by atoms with Crippen LogP contribution in [0.4, 0.5) is 15.2 Å². The summed E-state index contributed by atoms with van der Waals surface area (Å²) in [5.41, 5.74) is 0.416. The van der Waals surface area contributed by atoms with E-state index in [1.165, 1.54) is 41.4 Å². The van der Waals surface area contributed by atoms with Crippen molar-refractivity contribution in [1.82, 2.24) is 10.3 Å². The van der Waals surface area contributed by atoms with Crippen LogP contribution in [0.2, 0.25) is 0 Å². The van der Waals surface area contributed by atoms with E-state index in [0.29, 0.717) is 10.8 Å². The van der Waals surface area contributed by atoms with E-state index >= 15 is 0 Å². The van der Waals surface area contributed by atoms with E-state index in [1.54, 1.807) is 23.6 Å². The van der Waals surface area contributed by atoms with Crippen LogP contribution in [0.25, 0.3) is 6.08 Å². The Morgan fingerprint density at radius 2 is 1.86 bits per heavy atom. The van der Waals surface area contributed by atoms with Crippen LogP contribution in [0.1, 0.15) is 53.7 Å². The molecule has 0 aliphatic carbocycles. The molecule has 1 aromatic heterocycles. The third kappa shape index (κ3) is 6.78. The lowest BCUT2D eigenvalue weighted by Gasteiger charge is -2.32. The summed E-state index contributed by atoms with van der Waals surface area (Å²) in [5, 5.41) is 5.06. The fourth-order valence-corrected chi connectivity index (χ4v) is 4.25. The first kappa shape index (κ1) is 22.7. The third-order valence-corrected chi connectivity index (χ3v) is 4.79. The average Bonchev–Trinajstić information content (AvgIpc) is 3.00. The second kappa shape index (κ2) is 8.86. The second-order valence-corrected chi connectivity index (χ2v) is 9.64. The molecular formula is C22H28FN3O2S. The Morgan fingerprint density at radius 3 is 2.45 bits per heavy atom. The van der Waals surface area contributed by atoms with Gasteiger partial charge in [-0.3, -0.25) is 14.5 Å². The smallest absolute Gasteiger partial charge is 0.244 e. The zero-order valence-corrected chi connectivity index (χ0v) is 18.6. The van der Waals surface area contributed by atoms with Crippen LogP contribution in [-0.2, 0) is 9.59 Å². The van der Waals surface area contributed by atoms with Crippen molar-refractivity contribution in [3.63, 3.8) is 0 Å². The van der Waals surface area contributed by atoms with E-state index in [1.807, 2.05) is 13.8 Å². The molecule has 2 rings (SSSR count). The maximum atomic E-state index is 14.1. The molecule has 5 nitrogen and oxygen atoms in total. The lowest BCUT2D eigenvalue weighted by Crippen LogP contribution is -2.45. The molecule has 0 saturated heterocycles. The number of nitrogens with one attached hydrogen (secondary N) is 1. The molecule has 1 N–H and O–H groups in total. The Morgan fingerprint density at radius 1 is 1.21 bits per heavy atom. The molecule has 7 heteroatoms. The third-order valence-electron chi connectivity index (χ3n) is 3.95. The molecule has 1 aromatic carbocycles. The monoisotopic (exact) mass is 417 g/mol. The summed E-state index contributed by atoms with van der Waals surface area (Å²) in [6.07, 6.45) is 3.84. The van der Waals surface area contributed by atoms with Crippen molar-refractivity contribution >= 4 is 40.0 Å². The van der Waals surface area contributed by atoms with Crippen LogP contribution in [0.5, 0.6) is 0 Å². The Labute approximate surface area is 175 Å². The van der Waals surface area contributed by atoms with E-state index in [2.05, 4.69) is 31.1 Å². The van der Waals surface area contributed by atoms with Crippen LogP contribution in [-0.4, -0.2) is 22.3 Å². The number of hydrogen-bond donors (Lipinski definition) is 1. The number of thiazole rings is 1. The van der Waals surface area contributed by atoms with E-state index < -0.39 is 5.82 Å². The van der Waals surface area contributed by atoms with Gasteiger partial charge in [0.15, 0.2) is 5.13 Å². The summed E-state index contributed by atoms with van der Waals surface area (Å²) >= 11 is 1.21. The molecule has 0 bridgehead atoms.